The Bertz CT molecular complexity index is 1360. The third kappa shape index (κ3) is 3.86. The third-order valence-corrected chi connectivity index (χ3v) is 6.58. The highest BCUT2D eigenvalue weighted by atomic mass is 35.5. The summed E-state index contributed by atoms with van der Waals surface area (Å²) in [6, 6.07) is 13.9. The lowest BCUT2D eigenvalue weighted by molar-refractivity contribution is 0.417. The lowest BCUT2D eigenvalue weighted by atomic mass is 10.1. The van der Waals surface area contributed by atoms with Gasteiger partial charge in [-0.3, -0.25) is 4.72 Å². The highest BCUT2D eigenvalue weighted by molar-refractivity contribution is 7.92. The van der Waals surface area contributed by atoms with Crippen LogP contribution < -0.4 is 9.46 Å². The summed E-state index contributed by atoms with van der Waals surface area (Å²) in [5.74, 6) is 0.403. The van der Waals surface area contributed by atoms with Crippen molar-refractivity contribution < 1.29 is 13.2 Å². The van der Waals surface area contributed by atoms with Gasteiger partial charge in [-0.05, 0) is 67.4 Å². The summed E-state index contributed by atoms with van der Waals surface area (Å²) in [5.41, 5.74) is 4.54. The molecule has 6 nitrogen and oxygen atoms in total. The van der Waals surface area contributed by atoms with Crippen LogP contribution >= 0.6 is 11.6 Å². The average molecular weight is 442 g/mol. The van der Waals surface area contributed by atoms with E-state index in [-0.39, 0.29) is 4.90 Å². The number of ether oxygens (including phenoxy) is 1. The predicted molar refractivity (Wildman–Crippen MR) is 119 cm³/mol. The monoisotopic (exact) mass is 441 g/mol. The molecule has 1 N–H and O–H groups in total. The molecule has 0 unspecified atom stereocenters. The van der Waals surface area contributed by atoms with Gasteiger partial charge in [0.15, 0.2) is 0 Å². The summed E-state index contributed by atoms with van der Waals surface area (Å²) >= 11 is 6.11. The van der Waals surface area contributed by atoms with Crippen molar-refractivity contribution in [2.75, 3.05) is 11.8 Å². The van der Waals surface area contributed by atoms with E-state index in [4.69, 9.17) is 16.3 Å². The lowest BCUT2D eigenvalue weighted by Gasteiger charge is -2.13. The van der Waals surface area contributed by atoms with Crippen molar-refractivity contribution >= 4 is 33.0 Å². The minimum atomic E-state index is -3.85. The van der Waals surface area contributed by atoms with Crippen molar-refractivity contribution in [2.24, 2.45) is 0 Å². The van der Waals surface area contributed by atoms with Crippen LogP contribution in [0.2, 0.25) is 5.02 Å². The number of hydrogen-bond acceptors (Lipinski definition) is 4. The molecule has 0 radical (unpaired) electrons. The van der Waals surface area contributed by atoms with E-state index < -0.39 is 10.0 Å². The summed E-state index contributed by atoms with van der Waals surface area (Å²) in [4.78, 5) is 4.72. The number of hydrogen-bond donors (Lipinski definition) is 1. The van der Waals surface area contributed by atoms with Crippen LogP contribution in [0.4, 0.5) is 5.69 Å². The predicted octanol–water partition coefficient (Wildman–Crippen LogP) is 5.08. The molecule has 0 atom stereocenters. The number of fused-ring (bicyclic) bond motifs is 1. The largest absolute Gasteiger partial charge is 0.495 e. The fourth-order valence-electron chi connectivity index (χ4n) is 3.11. The Hall–Kier alpha value is -3.03. The van der Waals surface area contributed by atoms with Gasteiger partial charge >= 0.3 is 0 Å². The zero-order chi connectivity index (χ0) is 21.5. The number of imidazole rings is 1. The molecule has 154 valence electrons. The van der Waals surface area contributed by atoms with Gasteiger partial charge < -0.3 is 9.14 Å². The van der Waals surface area contributed by atoms with Crippen LogP contribution in [-0.4, -0.2) is 24.9 Å². The summed E-state index contributed by atoms with van der Waals surface area (Å²) in [7, 11) is -2.37. The number of benzene rings is 2. The van der Waals surface area contributed by atoms with Crippen molar-refractivity contribution in [3.05, 3.63) is 77.1 Å². The van der Waals surface area contributed by atoms with Gasteiger partial charge in [0.1, 0.15) is 11.4 Å². The lowest BCUT2D eigenvalue weighted by Crippen LogP contribution is -2.14. The van der Waals surface area contributed by atoms with Gasteiger partial charge in [-0.2, -0.15) is 0 Å². The van der Waals surface area contributed by atoms with Crippen LogP contribution in [0.1, 0.15) is 11.1 Å². The number of halogens is 1. The van der Waals surface area contributed by atoms with Gasteiger partial charge in [-0.15, -0.1) is 0 Å². The summed E-state index contributed by atoms with van der Waals surface area (Å²) in [5, 5.41) is 0.388. The van der Waals surface area contributed by atoms with Crippen molar-refractivity contribution in [1.29, 1.82) is 0 Å². The molecule has 0 fully saturated rings. The fraction of sp³-hybridized carbons (Fsp3) is 0.136. The third-order valence-electron chi connectivity index (χ3n) is 4.81. The second kappa shape index (κ2) is 7.66. The molecule has 0 saturated carbocycles. The number of aryl methyl sites for hydroxylation is 2. The second-order valence-electron chi connectivity index (χ2n) is 7.03. The van der Waals surface area contributed by atoms with E-state index in [1.54, 1.807) is 18.2 Å². The molecule has 30 heavy (non-hydrogen) atoms. The Morgan fingerprint density at radius 1 is 1.07 bits per heavy atom. The highest BCUT2D eigenvalue weighted by Gasteiger charge is 2.19. The Morgan fingerprint density at radius 3 is 2.60 bits per heavy atom. The quantitative estimate of drug-likeness (QED) is 0.468. The molecule has 0 saturated heterocycles. The molecule has 2 aromatic heterocycles. The van der Waals surface area contributed by atoms with E-state index in [1.165, 1.54) is 19.2 Å². The molecule has 0 aliphatic carbocycles. The Labute approximate surface area is 180 Å². The van der Waals surface area contributed by atoms with Crippen molar-refractivity contribution in [1.82, 2.24) is 9.38 Å². The Balaban J connectivity index is 1.74. The topological polar surface area (TPSA) is 72.7 Å². The smallest absolute Gasteiger partial charge is 0.262 e. The van der Waals surface area contributed by atoms with Crippen molar-refractivity contribution in [3.8, 4) is 17.0 Å². The molecule has 0 amide bonds. The van der Waals surface area contributed by atoms with Gasteiger partial charge in [0.25, 0.3) is 10.0 Å². The van der Waals surface area contributed by atoms with Crippen LogP contribution in [0.5, 0.6) is 5.75 Å². The van der Waals surface area contributed by atoms with E-state index in [2.05, 4.69) is 9.71 Å². The molecule has 4 rings (SSSR count). The maximum Gasteiger partial charge on any atom is 0.262 e. The highest BCUT2D eigenvalue weighted by Crippen LogP contribution is 2.32. The van der Waals surface area contributed by atoms with Crippen LogP contribution in [0, 0.1) is 13.8 Å². The van der Waals surface area contributed by atoms with Crippen molar-refractivity contribution in [3.63, 3.8) is 0 Å². The van der Waals surface area contributed by atoms with Gasteiger partial charge in [-0.25, -0.2) is 13.4 Å². The van der Waals surface area contributed by atoms with Gasteiger partial charge in [-0.1, -0.05) is 17.7 Å². The molecule has 4 aromatic rings. The standard InChI is InChI=1S/C22H20ClN3O3S/c1-14-8-9-26-13-20(24-22(26)10-14)16-5-7-21(29-3)19(11-16)25-30(27,28)17-6-4-15(2)18(23)12-17/h4-13,25H,1-3H3. The maximum absolute atomic E-state index is 12.9. The number of sulfonamides is 1. The van der Waals surface area contributed by atoms with Gasteiger partial charge in [0.2, 0.25) is 0 Å². The number of rotatable bonds is 5. The Morgan fingerprint density at radius 2 is 1.87 bits per heavy atom. The molecule has 8 heteroatoms. The van der Waals surface area contributed by atoms with Crippen LogP contribution in [0.25, 0.3) is 16.9 Å². The summed E-state index contributed by atoms with van der Waals surface area (Å²) < 4.78 is 35.7. The van der Waals surface area contributed by atoms with E-state index in [0.717, 1.165) is 28.0 Å². The molecule has 0 bridgehead atoms. The van der Waals surface area contributed by atoms with E-state index in [9.17, 15) is 8.42 Å². The van der Waals surface area contributed by atoms with E-state index >= 15 is 0 Å². The van der Waals surface area contributed by atoms with Crippen molar-refractivity contribution in [2.45, 2.75) is 18.7 Å². The number of nitrogens with one attached hydrogen (secondary N) is 1. The van der Waals surface area contributed by atoms with Crippen LogP contribution in [0.15, 0.2) is 65.8 Å². The number of anilines is 1. The second-order valence-corrected chi connectivity index (χ2v) is 9.12. The van der Waals surface area contributed by atoms with Gasteiger partial charge in [0, 0.05) is 23.0 Å². The minimum Gasteiger partial charge on any atom is -0.495 e. The Kier molecular flexibility index (Phi) is 5.17. The first kappa shape index (κ1) is 20.3. The van der Waals surface area contributed by atoms with E-state index in [1.807, 2.05) is 48.8 Å². The van der Waals surface area contributed by atoms with Crippen LogP contribution in [0.3, 0.4) is 0 Å². The number of nitrogens with zero attached hydrogens (tertiary/aromatic N) is 2. The molecule has 2 aromatic carbocycles. The minimum absolute atomic E-state index is 0.0776. The zero-order valence-corrected chi connectivity index (χ0v) is 18.3. The molecular formula is C22H20ClN3O3S. The first-order valence-electron chi connectivity index (χ1n) is 9.19. The molecule has 0 spiro atoms. The van der Waals surface area contributed by atoms with E-state index in [0.29, 0.717) is 16.5 Å². The SMILES string of the molecule is COc1ccc(-c2cn3ccc(C)cc3n2)cc1NS(=O)(=O)c1ccc(C)c(Cl)c1. The van der Waals surface area contributed by atoms with Gasteiger partial charge in [0.05, 0.1) is 23.4 Å². The number of aromatic nitrogens is 2. The van der Waals surface area contributed by atoms with Crippen LogP contribution in [-0.2, 0) is 10.0 Å². The molecule has 2 heterocycles. The molecular weight excluding hydrogens is 422 g/mol. The number of pyridine rings is 1. The fourth-order valence-corrected chi connectivity index (χ4v) is 4.45. The first-order valence-corrected chi connectivity index (χ1v) is 11.1. The maximum atomic E-state index is 12.9. The average Bonchev–Trinajstić information content (AvgIpc) is 3.12. The molecule has 0 aliphatic heterocycles. The molecule has 0 aliphatic rings. The normalized spacial score (nSPS) is 11.6. The zero-order valence-electron chi connectivity index (χ0n) is 16.7. The summed E-state index contributed by atoms with van der Waals surface area (Å²) in [6.45, 7) is 3.82. The number of methoxy groups -OCH3 is 1. The first-order chi connectivity index (χ1) is 14.3. The summed E-state index contributed by atoms with van der Waals surface area (Å²) in [6.07, 6.45) is 3.84.